The van der Waals surface area contributed by atoms with E-state index in [2.05, 4.69) is 0 Å². The molecule has 0 aliphatic rings. The van der Waals surface area contributed by atoms with Crippen LogP contribution in [-0.2, 0) is 0 Å². The van der Waals surface area contributed by atoms with Gasteiger partial charge in [-0.2, -0.15) is 0 Å². The highest BCUT2D eigenvalue weighted by molar-refractivity contribution is 5.88. The second-order valence-corrected chi connectivity index (χ2v) is 7.79. The Kier molecular flexibility index (Phi) is 5.65. The summed E-state index contributed by atoms with van der Waals surface area (Å²) >= 11 is 0. The van der Waals surface area contributed by atoms with E-state index in [1.165, 1.54) is 0 Å². The van der Waals surface area contributed by atoms with E-state index >= 15 is 0 Å². The van der Waals surface area contributed by atoms with Gasteiger partial charge >= 0.3 is 0 Å². The zero-order valence-corrected chi connectivity index (χ0v) is 18.2. The third-order valence-corrected chi connectivity index (χ3v) is 5.25. The predicted molar refractivity (Wildman–Crippen MR) is 127 cm³/mol. The molecule has 162 valence electrons. The van der Waals surface area contributed by atoms with E-state index in [0.717, 1.165) is 16.7 Å². The molecule has 0 aromatic heterocycles. The van der Waals surface area contributed by atoms with Crippen molar-refractivity contribution < 1.29 is 20.1 Å². The second-order valence-electron chi connectivity index (χ2n) is 7.79. The number of aryl methyl sites for hydroxylation is 3. The van der Waals surface area contributed by atoms with Crippen molar-refractivity contribution in [3.8, 4) is 28.7 Å². The minimum absolute atomic E-state index is 0.0793. The molecule has 0 amide bonds. The van der Waals surface area contributed by atoms with Crippen LogP contribution in [0.3, 0.4) is 0 Å². The van der Waals surface area contributed by atoms with Crippen LogP contribution in [0.1, 0.15) is 16.7 Å². The molecule has 0 atom stereocenters. The van der Waals surface area contributed by atoms with Gasteiger partial charge in [-0.25, -0.2) is 0 Å². The average molecular weight is 428 g/mol. The minimum atomic E-state index is 0.0793. The number of anilines is 3. The number of para-hydroxylation sites is 4. The maximum Gasteiger partial charge on any atom is 0.151 e. The summed E-state index contributed by atoms with van der Waals surface area (Å²) in [6, 6.07) is 23.0. The quantitative estimate of drug-likeness (QED) is 0.320. The van der Waals surface area contributed by atoms with Crippen LogP contribution in [-0.4, -0.2) is 15.3 Å². The molecule has 0 fully saturated rings. The van der Waals surface area contributed by atoms with Gasteiger partial charge in [0.1, 0.15) is 23.0 Å². The number of nitrogens with zero attached hydrogens (tertiary/aromatic N) is 1. The normalized spacial score (nSPS) is 10.7. The average Bonchev–Trinajstić information content (AvgIpc) is 2.72. The van der Waals surface area contributed by atoms with Crippen LogP contribution in [0.25, 0.3) is 0 Å². The van der Waals surface area contributed by atoms with E-state index in [0.29, 0.717) is 28.6 Å². The summed E-state index contributed by atoms with van der Waals surface area (Å²) in [6.45, 7) is 5.68. The van der Waals surface area contributed by atoms with Gasteiger partial charge in [0.25, 0.3) is 0 Å². The summed E-state index contributed by atoms with van der Waals surface area (Å²) in [4.78, 5) is 1.81. The van der Waals surface area contributed by atoms with Crippen molar-refractivity contribution in [1.29, 1.82) is 0 Å². The van der Waals surface area contributed by atoms with Gasteiger partial charge in [0.05, 0.1) is 17.1 Å². The van der Waals surface area contributed by atoms with Crippen molar-refractivity contribution in [3.05, 3.63) is 95.6 Å². The van der Waals surface area contributed by atoms with Crippen molar-refractivity contribution in [3.63, 3.8) is 0 Å². The van der Waals surface area contributed by atoms with E-state index in [-0.39, 0.29) is 17.2 Å². The predicted octanol–water partition coefficient (Wildman–Crippen LogP) is 6.99. The lowest BCUT2D eigenvalue weighted by atomic mass is 10.1. The highest BCUT2D eigenvalue weighted by atomic mass is 16.5. The van der Waals surface area contributed by atoms with E-state index in [1.807, 2.05) is 63.2 Å². The van der Waals surface area contributed by atoms with Crippen LogP contribution in [0.2, 0.25) is 0 Å². The molecule has 4 aromatic carbocycles. The Morgan fingerprint density at radius 1 is 0.656 bits per heavy atom. The molecular formula is C27H25NO4. The molecule has 32 heavy (non-hydrogen) atoms. The Labute approximate surface area is 187 Å². The van der Waals surface area contributed by atoms with Crippen LogP contribution >= 0.6 is 0 Å². The van der Waals surface area contributed by atoms with Crippen LogP contribution in [0.5, 0.6) is 28.7 Å². The first-order chi connectivity index (χ1) is 15.3. The zero-order valence-electron chi connectivity index (χ0n) is 18.2. The SMILES string of the molecule is Cc1cc(O)cc(Oc2ccccc2N(c2c(C)cccc2O)c2c(C)cccc2O)c1. The molecule has 0 unspecified atom stereocenters. The molecule has 5 heteroatoms. The summed E-state index contributed by atoms with van der Waals surface area (Å²) in [7, 11) is 0. The molecule has 0 radical (unpaired) electrons. The van der Waals surface area contributed by atoms with Crippen LogP contribution < -0.4 is 9.64 Å². The number of phenols is 3. The largest absolute Gasteiger partial charge is 0.508 e. The van der Waals surface area contributed by atoms with Gasteiger partial charge in [0, 0.05) is 6.07 Å². The Hall–Kier alpha value is -4.12. The zero-order chi connectivity index (χ0) is 22.8. The van der Waals surface area contributed by atoms with Crippen molar-refractivity contribution in [1.82, 2.24) is 0 Å². The Balaban J connectivity index is 1.96. The van der Waals surface area contributed by atoms with Crippen molar-refractivity contribution >= 4 is 17.1 Å². The molecule has 5 nitrogen and oxygen atoms in total. The topological polar surface area (TPSA) is 73.2 Å². The molecule has 4 rings (SSSR count). The molecule has 0 aliphatic heterocycles. The van der Waals surface area contributed by atoms with Crippen LogP contribution in [0.15, 0.2) is 78.9 Å². The first-order valence-corrected chi connectivity index (χ1v) is 10.3. The summed E-state index contributed by atoms with van der Waals surface area (Å²) in [5, 5.41) is 31.6. The molecule has 0 saturated heterocycles. The maximum atomic E-state index is 10.8. The molecular weight excluding hydrogens is 402 g/mol. The fraction of sp³-hybridized carbons (Fsp3) is 0.111. The summed E-state index contributed by atoms with van der Waals surface area (Å²) in [5.41, 5.74) is 4.23. The number of hydrogen-bond acceptors (Lipinski definition) is 5. The van der Waals surface area contributed by atoms with Crippen LogP contribution in [0.4, 0.5) is 17.1 Å². The molecule has 0 bridgehead atoms. The minimum Gasteiger partial charge on any atom is -0.508 e. The van der Waals surface area contributed by atoms with Gasteiger partial charge in [0.15, 0.2) is 5.75 Å². The van der Waals surface area contributed by atoms with Crippen molar-refractivity contribution in [2.24, 2.45) is 0 Å². The summed E-state index contributed by atoms with van der Waals surface area (Å²) in [6.07, 6.45) is 0. The van der Waals surface area contributed by atoms with E-state index in [4.69, 9.17) is 4.74 Å². The first kappa shape index (κ1) is 21.1. The highest BCUT2D eigenvalue weighted by Gasteiger charge is 2.25. The van der Waals surface area contributed by atoms with Crippen molar-refractivity contribution in [2.75, 3.05) is 4.90 Å². The van der Waals surface area contributed by atoms with E-state index < -0.39 is 0 Å². The number of benzene rings is 4. The number of phenolic OH excluding ortho intramolecular Hbond substituents is 3. The van der Waals surface area contributed by atoms with Gasteiger partial charge in [-0.3, -0.25) is 4.90 Å². The third kappa shape index (κ3) is 4.05. The first-order valence-electron chi connectivity index (χ1n) is 10.3. The van der Waals surface area contributed by atoms with Crippen molar-refractivity contribution in [2.45, 2.75) is 20.8 Å². The lowest BCUT2D eigenvalue weighted by Gasteiger charge is -2.30. The van der Waals surface area contributed by atoms with E-state index in [1.54, 1.807) is 41.3 Å². The molecule has 4 aromatic rings. The van der Waals surface area contributed by atoms with Gasteiger partial charge in [0.2, 0.25) is 0 Å². The number of aromatic hydroxyl groups is 3. The summed E-state index contributed by atoms with van der Waals surface area (Å²) < 4.78 is 6.19. The van der Waals surface area contributed by atoms with Crippen LogP contribution in [0, 0.1) is 20.8 Å². The Morgan fingerprint density at radius 2 is 1.25 bits per heavy atom. The summed E-state index contributed by atoms with van der Waals surface area (Å²) in [5.74, 6) is 1.26. The second kappa shape index (κ2) is 8.55. The molecule has 0 heterocycles. The fourth-order valence-electron chi connectivity index (χ4n) is 3.86. The molecule has 0 aliphatic carbocycles. The third-order valence-electron chi connectivity index (χ3n) is 5.25. The lowest BCUT2D eigenvalue weighted by molar-refractivity contribution is 0.454. The van der Waals surface area contributed by atoms with Gasteiger partial charge in [-0.05, 0) is 73.9 Å². The standard InChI is InChI=1S/C27H25NO4/c1-17-14-20(29)16-21(15-17)32-25-13-5-4-10-22(25)28(26-18(2)8-6-11-23(26)30)27-19(3)9-7-12-24(27)31/h4-16,29-31H,1-3H3. The molecule has 0 spiro atoms. The maximum absolute atomic E-state index is 10.8. The Bertz CT molecular complexity index is 1170. The lowest BCUT2D eigenvalue weighted by Crippen LogP contribution is -2.14. The number of ether oxygens (including phenoxy) is 1. The van der Waals surface area contributed by atoms with Gasteiger partial charge in [-0.15, -0.1) is 0 Å². The number of hydrogen-bond donors (Lipinski definition) is 3. The molecule has 3 N–H and O–H groups in total. The molecule has 0 saturated carbocycles. The number of rotatable bonds is 5. The van der Waals surface area contributed by atoms with Gasteiger partial charge in [-0.1, -0.05) is 36.4 Å². The monoisotopic (exact) mass is 427 g/mol. The Morgan fingerprint density at radius 3 is 1.81 bits per heavy atom. The van der Waals surface area contributed by atoms with E-state index in [9.17, 15) is 15.3 Å². The highest BCUT2D eigenvalue weighted by Crippen LogP contribution is 2.49. The fourth-order valence-corrected chi connectivity index (χ4v) is 3.86. The van der Waals surface area contributed by atoms with Gasteiger partial charge < -0.3 is 20.1 Å². The smallest absolute Gasteiger partial charge is 0.151 e.